The lowest BCUT2D eigenvalue weighted by Gasteiger charge is -2.19. The Labute approximate surface area is 106 Å². The molecule has 0 aliphatic carbocycles. The summed E-state index contributed by atoms with van der Waals surface area (Å²) in [5, 5.41) is 3.44. The molecule has 0 aromatic heterocycles. The molecule has 16 heavy (non-hydrogen) atoms. The largest absolute Gasteiger partial charge is 0.310 e. The molecule has 1 unspecified atom stereocenters. The topological polar surface area (TPSA) is 12.0 Å². The van der Waals surface area contributed by atoms with E-state index in [9.17, 15) is 4.39 Å². The maximum atomic E-state index is 13.0. The molecule has 0 spiro atoms. The molecule has 0 saturated heterocycles. The molecular formula is C13H19BrFN. The second-order valence-electron chi connectivity index (χ2n) is 3.92. The first kappa shape index (κ1) is 13.7. The Balaban J connectivity index is 2.82. The summed E-state index contributed by atoms with van der Waals surface area (Å²) in [6, 6.07) is 5.24. The van der Waals surface area contributed by atoms with E-state index in [0.717, 1.165) is 23.0 Å². The Morgan fingerprint density at radius 1 is 1.38 bits per heavy atom. The van der Waals surface area contributed by atoms with Crippen molar-refractivity contribution in [1.29, 1.82) is 0 Å². The second-order valence-corrected chi connectivity index (χ2v) is 4.77. The van der Waals surface area contributed by atoms with Gasteiger partial charge in [-0.05, 0) is 30.7 Å². The number of hydrogen-bond acceptors (Lipinski definition) is 1. The number of benzene rings is 1. The first-order valence-corrected chi connectivity index (χ1v) is 6.66. The van der Waals surface area contributed by atoms with Crippen LogP contribution in [0, 0.1) is 5.82 Å². The van der Waals surface area contributed by atoms with E-state index in [0.29, 0.717) is 6.04 Å². The smallest absolute Gasteiger partial charge is 0.124 e. The van der Waals surface area contributed by atoms with Crippen LogP contribution < -0.4 is 5.32 Å². The van der Waals surface area contributed by atoms with Crippen molar-refractivity contribution < 1.29 is 4.39 Å². The van der Waals surface area contributed by atoms with Crippen LogP contribution in [0.15, 0.2) is 22.7 Å². The molecule has 0 fully saturated rings. The summed E-state index contributed by atoms with van der Waals surface area (Å²) in [6.07, 6.45) is 3.46. The lowest BCUT2D eigenvalue weighted by Crippen LogP contribution is -2.21. The van der Waals surface area contributed by atoms with Gasteiger partial charge in [-0.3, -0.25) is 0 Å². The summed E-state index contributed by atoms with van der Waals surface area (Å²) in [5.74, 6) is -0.193. The summed E-state index contributed by atoms with van der Waals surface area (Å²) in [5.41, 5.74) is 1.15. The van der Waals surface area contributed by atoms with Crippen molar-refractivity contribution in [3.63, 3.8) is 0 Å². The molecule has 1 N–H and O–H groups in total. The molecule has 0 heterocycles. The highest BCUT2D eigenvalue weighted by Crippen LogP contribution is 2.27. The van der Waals surface area contributed by atoms with Crippen LogP contribution in [-0.2, 0) is 0 Å². The highest BCUT2D eigenvalue weighted by molar-refractivity contribution is 9.10. The van der Waals surface area contributed by atoms with Crippen molar-refractivity contribution in [2.24, 2.45) is 0 Å². The van der Waals surface area contributed by atoms with Crippen LogP contribution in [0.5, 0.6) is 0 Å². The van der Waals surface area contributed by atoms with Crippen LogP contribution >= 0.6 is 15.9 Å². The highest BCUT2D eigenvalue weighted by atomic mass is 79.9. The van der Waals surface area contributed by atoms with E-state index in [1.54, 1.807) is 0 Å². The van der Waals surface area contributed by atoms with Crippen LogP contribution in [0.25, 0.3) is 0 Å². The van der Waals surface area contributed by atoms with E-state index in [2.05, 4.69) is 35.1 Å². The van der Waals surface area contributed by atoms with Gasteiger partial charge in [0.15, 0.2) is 0 Å². The van der Waals surface area contributed by atoms with Crippen molar-refractivity contribution in [2.75, 3.05) is 6.54 Å². The highest BCUT2D eigenvalue weighted by Gasteiger charge is 2.13. The molecule has 1 aromatic carbocycles. The summed E-state index contributed by atoms with van der Waals surface area (Å²) in [7, 11) is 0. The fourth-order valence-corrected chi connectivity index (χ4v) is 2.43. The molecule has 1 nitrogen and oxygen atoms in total. The average Bonchev–Trinajstić information content (AvgIpc) is 2.25. The molecule has 0 aliphatic rings. The third-order valence-corrected chi connectivity index (χ3v) is 3.32. The van der Waals surface area contributed by atoms with Gasteiger partial charge in [0.1, 0.15) is 5.82 Å². The molecule has 0 bridgehead atoms. The lowest BCUT2D eigenvalue weighted by atomic mass is 10.0. The van der Waals surface area contributed by atoms with Gasteiger partial charge in [-0.15, -0.1) is 0 Å². The zero-order valence-electron chi connectivity index (χ0n) is 9.89. The molecule has 0 radical (unpaired) electrons. The van der Waals surface area contributed by atoms with Gasteiger partial charge in [0.2, 0.25) is 0 Å². The normalized spacial score (nSPS) is 12.8. The third-order valence-electron chi connectivity index (χ3n) is 2.63. The van der Waals surface area contributed by atoms with Gasteiger partial charge in [0.05, 0.1) is 0 Å². The van der Waals surface area contributed by atoms with E-state index in [1.165, 1.54) is 25.0 Å². The van der Waals surface area contributed by atoms with E-state index in [4.69, 9.17) is 0 Å². The van der Waals surface area contributed by atoms with Gasteiger partial charge in [-0.25, -0.2) is 4.39 Å². The minimum atomic E-state index is -0.193. The van der Waals surface area contributed by atoms with Gasteiger partial charge in [0, 0.05) is 10.5 Å². The Morgan fingerprint density at radius 3 is 2.69 bits per heavy atom. The van der Waals surface area contributed by atoms with Crippen molar-refractivity contribution >= 4 is 15.9 Å². The Morgan fingerprint density at radius 2 is 2.12 bits per heavy atom. The van der Waals surface area contributed by atoms with Gasteiger partial charge in [-0.1, -0.05) is 48.7 Å². The summed E-state index contributed by atoms with van der Waals surface area (Å²) >= 11 is 3.43. The van der Waals surface area contributed by atoms with Gasteiger partial charge >= 0.3 is 0 Å². The zero-order valence-corrected chi connectivity index (χ0v) is 11.5. The molecule has 90 valence electrons. The predicted octanol–water partition coefficient (Wildman–Crippen LogP) is 4.43. The van der Waals surface area contributed by atoms with Crippen molar-refractivity contribution in [1.82, 2.24) is 5.32 Å². The van der Waals surface area contributed by atoms with Gasteiger partial charge in [-0.2, -0.15) is 0 Å². The minimum Gasteiger partial charge on any atom is -0.310 e. The van der Waals surface area contributed by atoms with E-state index >= 15 is 0 Å². The SMILES string of the molecule is CCCCC(NCC)c1ccc(F)cc1Br. The Kier molecular flexibility index (Phi) is 5.99. The molecular weight excluding hydrogens is 269 g/mol. The standard InChI is InChI=1S/C13H19BrFN/c1-3-5-6-13(16-4-2)11-8-7-10(15)9-12(11)14/h7-9,13,16H,3-6H2,1-2H3. The zero-order chi connectivity index (χ0) is 12.0. The predicted molar refractivity (Wildman–Crippen MR) is 70.0 cm³/mol. The fourth-order valence-electron chi connectivity index (χ4n) is 1.81. The average molecular weight is 288 g/mol. The van der Waals surface area contributed by atoms with Crippen LogP contribution in [0.3, 0.4) is 0 Å². The third kappa shape index (κ3) is 3.87. The molecule has 0 aliphatic heterocycles. The van der Waals surface area contributed by atoms with Crippen molar-refractivity contribution in [3.05, 3.63) is 34.1 Å². The molecule has 1 atom stereocenters. The van der Waals surface area contributed by atoms with Crippen LogP contribution in [0.4, 0.5) is 4.39 Å². The quantitative estimate of drug-likeness (QED) is 0.816. The van der Waals surface area contributed by atoms with Crippen LogP contribution in [0.2, 0.25) is 0 Å². The van der Waals surface area contributed by atoms with Crippen LogP contribution in [-0.4, -0.2) is 6.54 Å². The maximum absolute atomic E-state index is 13.0. The molecule has 0 saturated carbocycles. The van der Waals surface area contributed by atoms with Crippen molar-refractivity contribution in [2.45, 2.75) is 39.2 Å². The lowest BCUT2D eigenvalue weighted by molar-refractivity contribution is 0.492. The van der Waals surface area contributed by atoms with E-state index in [-0.39, 0.29) is 5.82 Å². The number of halogens is 2. The number of nitrogens with one attached hydrogen (secondary N) is 1. The molecule has 3 heteroatoms. The van der Waals surface area contributed by atoms with E-state index in [1.807, 2.05) is 6.07 Å². The molecule has 0 amide bonds. The van der Waals surface area contributed by atoms with E-state index < -0.39 is 0 Å². The number of hydrogen-bond donors (Lipinski definition) is 1. The monoisotopic (exact) mass is 287 g/mol. The number of unbranched alkanes of at least 4 members (excludes halogenated alkanes) is 1. The molecule has 1 aromatic rings. The first-order valence-electron chi connectivity index (χ1n) is 5.87. The first-order chi connectivity index (χ1) is 7.69. The maximum Gasteiger partial charge on any atom is 0.124 e. The summed E-state index contributed by atoms with van der Waals surface area (Å²) < 4.78 is 13.9. The second kappa shape index (κ2) is 7.02. The summed E-state index contributed by atoms with van der Waals surface area (Å²) in [4.78, 5) is 0. The van der Waals surface area contributed by atoms with Crippen molar-refractivity contribution in [3.8, 4) is 0 Å². The Hall–Kier alpha value is -0.410. The molecule has 1 rings (SSSR count). The fraction of sp³-hybridized carbons (Fsp3) is 0.538. The Bertz CT molecular complexity index is 328. The van der Waals surface area contributed by atoms with Crippen LogP contribution in [0.1, 0.15) is 44.7 Å². The van der Waals surface area contributed by atoms with Gasteiger partial charge < -0.3 is 5.32 Å². The summed E-state index contributed by atoms with van der Waals surface area (Å²) in [6.45, 7) is 5.21. The van der Waals surface area contributed by atoms with Gasteiger partial charge in [0.25, 0.3) is 0 Å². The number of rotatable bonds is 6. The minimum absolute atomic E-state index is 0.193.